The van der Waals surface area contributed by atoms with Crippen LogP contribution in [0, 0.1) is 0 Å². The molecule has 0 bridgehead atoms. The van der Waals surface area contributed by atoms with Gasteiger partial charge in [-0.25, -0.2) is 0 Å². The molecule has 0 radical (unpaired) electrons. The Morgan fingerprint density at radius 3 is 2.33 bits per heavy atom. The van der Waals surface area contributed by atoms with Crippen molar-refractivity contribution in [3.05, 3.63) is 60.3 Å². The first-order chi connectivity index (χ1) is 16.0. The predicted molar refractivity (Wildman–Crippen MR) is 126 cm³/mol. The Labute approximate surface area is 193 Å². The van der Waals surface area contributed by atoms with E-state index in [1.54, 1.807) is 42.1 Å². The number of likely N-dealkylation sites (N-methyl/N-ethyl adjacent to an activating group) is 1. The van der Waals surface area contributed by atoms with Crippen LogP contribution in [0.15, 0.2) is 54.7 Å². The zero-order valence-electron chi connectivity index (χ0n) is 19.2. The number of para-hydroxylation sites is 3. The number of rotatable bonds is 11. The molecule has 0 fully saturated rings. The average Bonchev–Trinajstić information content (AvgIpc) is 3.20. The number of amides is 2. The lowest BCUT2D eigenvalue weighted by Gasteiger charge is -2.17. The van der Waals surface area contributed by atoms with E-state index in [0.29, 0.717) is 47.6 Å². The highest BCUT2D eigenvalue weighted by Gasteiger charge is 2.25. The lowest BCUT2D eigenvalue weighted by Crippen LogP contribution is -2.36. The minimum atomic E-state index is -0.570. The first-order valence-corrected chi connectivity index (χ1v) is 10.9. The fraction of sp³-hybridized carbons (Fsp3) is 0.320. The molecule has 0 aliphatic heterocycles. The quantitative estimate of drug-likeness (QED) is 0.275. The summed E-state index contributed by atoms with van der Waals surface area (Å²) in [5.41, 5.74) is 1.02. The molecule has 1 N–H and O–H groups in total. The second-order valence-corrected chi connectivity index (χ2v) is 7.34. The average molecular weight is 452 g/mol. The highest BCUT2D eigenvalue weighted by Crippen LogP contribution is 2.25. The van der Waals surface area contributed by atoms with E-state index in [4.69, 9.17) is 9.47 Å². The Balaban J connectivity index is 1.66. The summed E-state index contributed by atoms with van der Waals surface area (Å²) in [5.74, 6) is -0.112. The second-order valence-electron chi connectivity index (χ2n) is 7.34. The van der Waals surface area contributed by atoms with E-state index in [-0.39, 0.29) is 19.1 Å². The van der Waals surface area contributed by atoms with Crippen LogP contribution in [-0.4, -0.2) is 60.4 Å². The molecule has 0 saturated heterocycles. The molecule has 0 atom stereocenters. The van der Waals surface area contributed by atoms with Gasteiger partial charge >= 0.3 is 0 Å². The van der Waals surface area contributed by atoms with Crippen LogP contribution in [-0.2, 0) is 16.1 Å². The third kappa shape index (κ3) is 5.52. The number of hydrogen-bond acceptors (Lipinski definition) is 5. The third-order valence-corrected chi connectivity index (χ3v) is 5.34. The topological polar surface area (TPSA) is 89.9 Å². The van der Waals surface area contributed by atoms with Gasteiger partial charge in [-0.05, 0) is 32.0 Å². The smallest absolute Gasteiger partial charge is 0.295 e. The lowest BCUT2D eigenvalue weighted by molar-refractivity contribution is -0.126. The van der Waals surface area contributed by atoms with Crippen LogP contribution in [0.3, 0.4) is 0 Å². The summed E-state index contributed by atoms with van der Waals surface area (Å²) in [4.78, 5) is 39.5. The van der Waals surface area contributed by atoms with Gasteiger partial charge in [-0.15, -0.1) is 0 Å². The van der Waals surface area contributed by atoms with Crippen molar-refractivity contribution >= 4 is 28.5 Å². The fourth-order valence-electron chi connectivity index (χ4n) is 3.63. The van der Waals surface area contributed by atoms with Crippen molar-refractivity contribution in [2.75, 3.05) is 33.4 Å². The summed E-state index contributed by atoms with van der Waals surface area (Å²) < 4.78 is 12.6. The number of carbonyl (C=O) groups is 3. The number of carbonyl (C=O) groups excluding carboxylic acids is 3. The van der Waals surface area contributed by atoms with E-state index >= 15 is 0 Å². The van der Waals surface area contributed by atoms with E-state index < -0.39 is 11.7 Å². The largest absolute Gasteiger partial charge is 0.493 e. The van der Waals surface area contributed by atoms with Gasteiger partial charge in [-0.2, -0.15) is 0 Å². The molecule has 33 heavy (non-hydrogen) atoms. The maximum atomic E-state index is 12.9. The third-order valence-electron chi connectivity index (χ3n) is 5.34. The minimum absolute atomic E-state index is 0.0158. The number of nitrogens with one attached hydrogen (secondary N) is 1. The van der Waals surface area contributed by atoms with Gasteiger partial charge in [-0.3, -0.25) is 14.4 Å². The maximum absolute atomic E-state index is 12.9. The molecule has 0 aliphatic rings. The molecular weight excluding hydrogens is 422 g/mol. The Morgan fingerprint density at radius 1 is 0.970 bits per heavy atom. The van der Waals surface area contributed by atoms with Crippen LogP contribution in [0.2, 0.25) is 0 Å². The van der Waals surface area contributed by atoms with Crippen molar-refractivity contribution in [3.63, 3.8) is 0 Å². The fourth-order valence-corrected chi connectivity index (χ4v) is 3.63. The number of aromatic nitrogens is 1. The first-order valence-electron chi connectivity index (χ1n) is 10.9. The van der Waals surface area contributed by atoms with Crippen LogP contribution in [0.4, 0.5) is 0 Å². The van der Waals surface area contributed by atoms with Gasteiger partial charge < -0.3 is 24.3 Å². The van der Waals surface area contributed by atoms with Gasteiger partial charge in [0, 0.05) is 30.2 Å². The summed E-state index contributed by atoms with van der Waals surface area (Å²) in [5, 5.41) is 3.46. The van der Waals surface area contributed by atoms with Crippen molar-refractivity contribution in [1.82, 2.24) is 14.8 Å². The number of benzene rings is 2. The normalized spacial score (nSPS) is 10.6. The Kier molecular flexibility index (Phi) is 8.07. The zero-order valence-corrected chi connectivity index (χ0v) is 19.2. The van der Waals surface area contributed by atoms with Gasteiger partial charge in [0.05, 0.1) is 19.2 Å². The van der Waals surface area contributed by atoms with Crippen molar-refractivity contribution in [1.29, 1.82) is 0 Å². The molecule has 8 nitrogen and oxygen atoms in total. The van der Waals surface area contributed by atoms with Crippen LogP contribution in [0.5, 0.6) is 11.5 Å². The molecule has 2 amide bonds. The highest BCUT2D eigenvalue weighted by molar-refractivity contribution is 6.44. The second kappa shape index (κ2) is 11.2. The van der Waals surface area contributed by atoms with Gasteiger partial charge in [0.2, 0.25) is 5.91 Å². The monoisotopic (exact) mass is 451 g/mol. The Bertz CT molecular complexity index is 1130. The standard InChI is InChI=1S/C25H29N3O5/c1-4-27(5-2)25(31)24(30)19-16-28(20-11-7-6-10-18(19)20)17-23(29)26-14-15-33-22-13-9-8-12-21(22)32-3/h6-13,16H,4-5,14-15,17H2,1-3H3,(H,26,29). The number of fused-ring (bicyclic) bond motifs is 1. The predicted octanol–water partition coefficient (Wildman–Crippen LogP) is 2.90. The number of hydrogen-bond donors (Lipinski definition) is 1. The lowest BCUT2D eigenvalue weighted by atomic mass is 10.1. The molecule has 0 saturated carbocycles. The maximum Gasteiger partial charge on any atom is 0.295 e. The number of Topliss-reactive ketones (excluding diaryl/α,β-unsaturated/α-hetero) is 1. The van der Waals surface area contributed by atoms with E-state index in [1.807, 2.05) is 38.1 Å². The molecule has 0 unspecified atom stereocenters. The number of ketones is 1. The summed E-state index contributed by atoms with van der Waals surface area (Å²) in [6.45, 7) is 5.18. The van der Waals surface area contributed by atoms with Crippen molar-refractivity contribution in [2.45, 2.75) is 20.4 Å². The van der Waals surface area contributed by atoms with E-state index in [1.165, 1.54) is 4.90 Å². The number of ether oxygens (including phenoxy) is 2. The molecular formula is C25H29N3O5. The van der Waals surface area contributed by atoms with Crippen molar-refractivity contribution in [3.8, 4) is 11.5 Å². The minimum Gasteiger partial charge on any atom is -0.493 e. The SMILES string of the molecule is CCN(CC)C(=O)C(=O)c1cn(CC(=O)NCCOc2ccccc2OC)c2ccccc12. The van der Waals surface area contributed by atoms with E-state index in [0.717, 1.165) is 0 Å². The van der Waals surface area contributed by atoms with Crippen LogP contribution < -0.4 is 14.8 Å². The molecule has 2 aromatic carbocycles. The van der Waals surface area contributed by atoms with Crippen molar-refractivity contribution < 1.29 is 23.9 Å². The van der Waals surface area contributed by atoms with Gasteiger partial charge in [0.1, 0.15) is 13.2 Å². The first kappa shape index (κ1) is 23.8. The molecule has 0 aliphatic carbocycles. The molecule has 1 heterocycles. The molecule has 8 heteroatoms. The van der Waals surface area contributed by atoms with Crippen LogP contribution in [0.25, 0.3) is 10.9 Å². The summed E-state index contributed by atoms with van der Waals surface area (Å²) in [6, 6.07) is 14.5. The summed E-state index contributed by atoms with van der Waals surface area (Å²) >= 11 is 0. The van der Waals surface area contributed by atoms with Crippen molar-refractivity contribution in [2.24, 2.45) is 0 Å². The van der Waals surface area contributed by atoms with E-state index in [9.17, 15) is 14.4 Å². The Hall–Kier alpha value is -3.81. The van der Waals surface area contributed by atoms with Crippen LogP contribution in [0.1, 0.15) is 24.2 Å². The molecule has 3 aromatic rings. The molecule has 1 aromatic heterocycles. The zero-order chi connectivity index (χ0) is 23.8. The van der Waals surface area contributed by atoms with Gasteiger partial charge in [0.25, 0.3) is 11.7 Å². The summed E-state index contributed by atoms with van der Waals surface area (Å²) in [6.07, 6.45) is 1.58. The molecule has 3 rings (SSSR count). The number of nitrogens with zero attached hydrogens (tertiary/aromatic N) is 2. The van der Waals surface area contributed by atoms with Gasteiger partial charge in [0.15, 0.2) is 11.5 Å². The van der Waals surface area contributed by atoms with Gasteiger partial charge in [-0.1, -0.05) is 30.3 Å². The van der Waals surface area contributed by atoms with E-state index in [2.05, 4.69) is 5.32 Å². The highest BCUT2D eigenvalue weighted by atomic mass is 16.5. The summed E-state index contributed by atoms with van der Waals surface area (Å²) in [7, 11) is 1.57. The molecule has 0 spiro atoms. The number of methoxy groups -OCH3 is 1. The van der Waals surface area contributed by atoms with Crippen LogP contribution >= 0.6 is 0 Å². The molecule has 174 valence electrons. The Morgan fingerprint density at radius 2 is 1.64 bits per heavy atom.